The Hall–Kier alpha value is -1.67. The predicted octanol–water partition coefficient (Wildman–Crippen LogP) is 0.876. The van der Waals surface area contributed by atoms with Crippen molar-refractivity contribution >= 4 is 15.7 Å². The van der Waals surface area contributed by atoms with E-state index in [9.17, 15) is 17.6 Å². The first-order valence-electron chi connectivity index (χ1n) is 7.85. The number of sulfone groups is 1. The number of benzene rings is 1. The lowest BCUT2D eigenvalue weighted by Crippen LogP contribution is -2.58. The molecule has 0 saturated carbocycles. The summed E-state index contributed by atoms with van der Waals surface area (Å²) in [6.07, 6.45) is 1.24. The van der Waals surface area contributed by atoms with E-state index in [1.165, 1.54) is 24.3 Å². The molecule has 0 spiro atoms. The third-order valence-corrected chi connectivity index (χ3v) is 6.25. The number of carbonyl (C=O) groups is 1. The van der Waals surface area contributed by atoms with Crippen LogP contribution in [0.1, 0.15) is 19.8 Å². The monoisotopic (exact) mass is 358 g/mol. The van der Waals surface area contributed by atoms with Gasteiger partial charge in [0.15, 0.2) is 14.6 Å². The Labute approximate surface area is 141 Å². The second-order valence-corrected chi connectivity index (χ2v) is 8.43. The average Bonchev–Trinajstić information content (AvgIpc) is 2.54. The smallest absolute Gasteiger partial charge is 0.241 e. The van der Waals surface area contributed by atoms with Crippen LogP contribution in [0.25, 0.3) is 0 Å². The summed E-state index contributed by atoms with van der Waals surface area (Å²) in [5, 5.41) is 5.75. The molecule has 1 aliphatic heterocycles. The Balaban J connectivity index is 1.96. The van der Waals surface area contributed by atoms with E-state index in [0.29, 0.717) is 18.8 Å². The van der Waals surface area contributed by atoms with Crippen LogP contribution in [0.4, 0.5) is 4.39 Å². The molecule has 0 radical (unpaired) electrons. The average molecular weight is 358 g/mol. The fourth-order valence-electron chi connectivity index (χ4n) is 2.78. The summed E-state index contributed by atoms with van der Waals surface area (Å²) < 4.78 is 41.4. The highest BCUT2D eigenvalue weighted by atomic mass is 32.2. The zero-order valence-electron chi connectivity index (χ0n) is 13.8. The second kappa shape index (κ2) is 7.48. The Morgan fingerprint density at radius 1 is 1.33 bits per heavy atom. The molecule has 0 aliphatic carbocycles. The van der Waals surface area contributed by atoms with Gasteiger partial charge in [0, 0.05) is 6.26 Å². The third kappa shape index (κ3) is 4.24. The van der Waals surface area contributed by atoms with Gasteiger partial charge in [-0.15, -0.1) is 0 Å². The number of hydrogen-bond acceptors (Lipinski definition) is 5. The van der Waals surface area contributed by atoms with E-state index in [4.69, 9.17) is 4.74 Å². The highest BCUT2D eigenvalue weighted by Gasteiger charge is 2.48. The summed E-state index contributed by atoms with van der Waals surface area (Å²) in [5.74, 6) is -0.358. The maximum atomic E-state index is 12.9. The minimum Gasteiger partial charge on any atom is -0.489 e. The topological polar surface area (TPSA) is 84.5 Å². The standard InChI is InChI=1S/C16H23FN2O4S/c1-12(23-14-5-3-13(17)4-6-14)11-19-15(20)16(24(2,21)22)7-9-18-10-8-16/h3-6,12,18H,7-11H2,1-2H3,(H,19,20). The van der Waals surface area contributed by atoms with Crippen molar-refractivity contribution < 1.29 is 22.3 Å². The number of carbonyl (C=O) groups excluding carboxylic acids is 1. The van der Waals surface area contributed by atoms with Crippen molar-refractivity contribution in [2.75, 3.05) is 25.9 Å². The summed E-state index contributed by atoms with van der Waals surface area (Å²) in [5.41, 5.74) is 0. The fraction of sp³-hybridized carbons (Fsp3) is 0.562. The number of piperidine rings is 1. The number of amides is 1. The lowest BCUT2D eigenvalue weighted by atomic mass is 9.96. The molecular weight excluding hydrogens is 335 g/mol. The van der Waals surface area contributed by atoms with Crippen LogP contribution in [0, 0.1) is 5.82 Å². The first kappa shape index (κ1) is 18.7. The highest BCUT2D eigenvalue weighted by Crippen LogP contribution is 2.28. The molecule has 1 aromatic rings. The molecule has 1 heterocycles. The number of halogens is 1. The van der Waals surface area contributed by atoms with Crippen molar-refractivity contribution in [2.24, 2.45) is 0 Å². The Morgan fingerprint density at radius 3 is 2.46 bits per heavy atom. The SMILES string of the molecule is CC(CNC(=O)C1(S(C)(=O)=O)CCNCC1)Oc1ccc(F)cc1. The molecule has 8 heteroatoms. The Morgan fingerprint density at radius 2 is 1.92 bits per heavy atom. The summed E-state index contributed by atoms with van der Waals surface area (Å²) >= 11 is 0. The van der Waals surface area contributed by atoms with E-state index < -0.39 is 20.5 Å². The fourth-order valence-corrected chi connectivity index (χ4v) is 4.14. The number of nitrogens with one attached hydrogen (secondary N) is 2. The maximum absolute atomic E-state index is 12.9. The molecular formula is C16H23FN2O4S. The van der Waals surface area contributed by atoms with Gasteiger partial charge in [-0.1, -0.05) is 0 Å². The Bertz CT molecular complexity index is 670. The van der Waals surface area contributed by atoms with Gasteiger partial charge in [0.25, 0.3) is 0 Å². The van der Waals surface area contributed by atoms with Crippen LogP contribution in [-0.2, 0) is 14.6 Å². The molecule has 2 N–H and O–H groups in total. The predicted molar refractivity (Wildman–Crippen MR) is 89.2 cm³/mol. The van der Waals surface area contributed by atoms with Gasteiger partial charge in [0.05, 0.1) is 6.54 Å². The van der Waals surface area contributed by atoms with Crippen molar-refractivity contribution in [3.05, 3.63) is 30.1 Å². The van der Waals surface area contributed by atoms with E-state index in [2.05, 4.69) is 10.6 Å². The maximum Gasteiger partial charge on any atom is 0.241 e. The lowest BCUT2D eigenvalue weighted by molar-refractivity contribution is -0.124. The van der Waals surface area contributed by atoms with E-state index in [1.807, 2.05) is 0 Å². The number of hydrogen-bond donors (Lipinski definition) is 2. The van der Waals surface area contributed by atoms with Gasteiger partial charge in [-0.25, -0.2) is 12.8 Å². The van der Waals surface area contributed by atoms with Gasteiger partial charge < -0.3 is 15.4 Å². The third-order valence-electron chi connectivity index (χ3n) is 4.24. The van der Waals surface area contributed by atoms with E-state index in [-0.39, 0.29) is 31.3 Å². The van der Waals surface area contributed by atoms with Crippen LogP contribution < -0.4 is 15.4 Å². The molecule has 1 fully saturated rings. The van der Waals surface area contributed by atoms with Gasteiger partial charge in [0.2, 0.25) is 5.91 Å². The zero-order chi connectivity index (χ0) is 17.8. The summed E-state index contributed by atoms with van der Waals surface area (Å²) in [6, 6.07) is 5.57. The van der Waals surface area contributed by atoms with Crippen LogP contribution in [0.5, 0.6) is 5.75 Å². The quantitative estimate of drug-likeness (QED) is 0.788. The first-order valence-corrected chi connectivity index (χ1v) is 9.74. The Kier molecular flexibility index (Phi) is 5.82. The van der Waals surface area contributed by atoms with Crippen molar-refractivity contribution in [3.8, 4) is 5.75 Å². The van der Waals surface area contributed by atoms with E-state index in [0.717, 1.165) is 6.26 Å². The van der Waals surface area contributed by atoms with Gasteiger partial charge in [-0.2, -0.15) is 0 Å². The second-order valence-electron chi connectivity index (χ2n) is 6.11. The van der Waals surface area contributed by atoms with E-state index in [1.54, 1.807) is 6.92 Å². The molecule has 1 atom stereocenters. The van der Waals surface area contributed by atoms with Crippen LogP contribution in [0.3, 0.4) is 0 Å². The molecule has 1 saturated heterocycles. The number of ether oxygens (including phenoxy) is 1. The van der Waals surface area contributed by atoms with Crippen molar-refractivity contribution in [1.29, 1.82) is 0 Å². The lowest BCUT2D eigenvalue weighted by Gasteiger charge is -2.34. The van der Waals surface area contributed by atoms with Crippen molar-refractivity contribution in [3.63, 3.8) is 0 Å². The highest BCUT2D eigenvalue weighted by molar-refractivity contribution is 7.92. The van der Waals surface area contributed by atoms with Gasteiger partial charge in [-0.3, -0.25) is 4.79 Å². The number of rotatable bonds is 6. The zero-order valence-corrected chi connectivity index (χ0v) is 14.7. The molecule has 2 rings (SSSR count). The van der Waals surface area contributed by atoms with Crippen LogP contribution in [-0.4, -0.2) is 51.1 Å². The van der Waals surface area contributed by atoms with Crippen LogP contribution in [0.2, 0.25) is 0 Å². The van der Waals surface area contributed by atoms with E-state index >= 15 is 0 Å². The molecule has 1 unspecified atom stereocenters. The molecule has 1 amide bonds. The first-order chi connectivity index (χ1) is 11.2. The molecule has 1 aromatic carbocycles. The molecule has 6 nitrogen and oxygen atoms in total. The van der Waals surface area contributed by atoms with Gasteiger partial charge in [-0.05, 0) is 57.1 Å². The molecule has 1 aliphatic rings. The van der Waals surface area contributed by atoms with Crippen molar-refractivity contribution in [2.45, 2.75) is 30.6 Å². The molecule has 0 aromatic heterocycles. The minimum atomic E-state index is -3.53. The van der Waals surface area contributed by atoms with Gasteiger partial charge >= 0.3 is 0 Å². The molecule has 24 heavy (non-hydrogen) atoms. The largest absolute Gasteiger partial charge is 0.489 e. The molecule has 0 bridgehead atoms. The minimum absolute atomic E-state index is 0.168. The van der Waals surface area contributed by atoms with Crippen LogP contribution >= 0.6 is 0 Å². The van der Waals surface area contributed by atoms with Crippen LogP contribution in [0.15, 0.2) is 24.3 Å². The summed E-state index contributed by atoms with van der Waals surface area (Å²) in [7, 11) is -3.53. The molecule has 134 valence electrons. The summed E-state index contributed by atoms with van der Waals surface area (Å²) in [4.78, 5) is 12.5. The normalized spacial score (nSPS) is 18.6. The van der Waals surface area contributed by atoms with Gasteiger partial charge in [0.1, 0.15) is 17.7 Å². The summed E-state index contributed by atoms with van der Waals surface area (Å²) in [6.45, 7) is 2.89. The van der Waals surface area contributed by atoms with Crippen molar-refractivity contribution in [1.82, 2.24) is 10.6 Å².